The molecule has 0 aliphatic heterocycles. The molecule has 2 nitrogen and oxygen atoms in total. The lowest BCUT2D eigenvalue weighted by Gasteiger charge is -2.16. The van der Waals surface area contributed by atoms with E-state index >= 15 is 0 Å². The van der Waals surface area contributed by atoms with Crippen LogP contribution in [0, 0.1) is 20.8 Å². The molecule has 1 unspecified atom stereocenters. The average Bonchev–Trinajstić information content (AvgIpc) is 2.43. The lowest BCUT2D eigenvalue weighted by molar-refractivity contribution is -0.115. The molecule has 1 amide bonds. The molecule has 2 aromatic rings. The van der Waals surface area contributed by atoms with E-state index in [-0.39, 0.29) is 11.2 Å². The molecule has 0 saturated carbocycles. The minimum Gasteiger partial charge on any atom is -0.325 e. The molecule has 0 radical (unpaired) electrons. The lowest BCUT2D eigenvalue weighted by atomic mass is 10.0. The summed E-state index contributed by atoms with van der Waals surface area (Å²) in [6, 6.07) is 14.1. The number of anilines is 1. The molecule has 3 heteroatoms. The van der Waals surface area contributed by atoms with E-state index in [1.165, 1.54) is 5.56 Å². The molecule has 110 valence electrons. The van der Waals surface area contributed by atoms with Crippen LogP contribution in [0.4, 0.5) is 5.69 Å². The fourth-order valence-corrected chi connectivity index (χ4v) is 2.79. The maximum Gasteiger partial charge on any atom is 0.237 e. The molecule has 0 saturated heterocycles. The van der Waals surface area contributed by atoms with Crippen LogP contribution in [0.25, 0.3) is 0 Å². The molecule has 0 spiro atoms. The van der Waals surface area contributed by atoms with Gasteiger partial charge in [0.2, 0.25) is 5.91 Å². The van der Waals surface area contributed by atoms with Crippen molar-refractivity contribution in [2.24, 2.45) is 0 Å². The molecular weight excluding hydrogens is 278 g/mol. The monoisotopic (exact) mass is 299 g/mol. The van der Waals surface area contributed by atoms with Crippen molar-refractivity contribution in [2.45, 2.75) is 32.4 Å². The van der Waals surface area contributed by atoms with Crippen molar-refractivity contribution in [3.63, 3.8) is 0 Å². The number of hydrogen-bond donors (Lipinski definition) is 2. The van der Waals surface area contributed by atoms with Crippen molar-refractivity contribution in [1.29, 1.82) is 0 Å². The van der Waals surface area contributed by atoms with Crippen LogP contribution in [0.5, 0.6) is 0 Å². The van der Waals surface area contributed by atoms with Gasteiger partial charge >= 0.3 is 0 Å². The number of thiol groups is 1. The smallest absolute Gasteiger partial charge is 0.237 e. The summed E-state index contributed by atoms with van der Waals surface area (Å²) in [6.45, 7) is 6.09. The summed E-state index contributed by atoms with van der Waals surface area (Å²) >= 11 is 4.44. The molecule has 2 aromatic carbocycles. The van der Waals surface area contributed by atoms with Crippen LogP contribution in [-0.2, 0) is 11.2 Å². The van der Waals surface area contributed by atoms with Crippen molar-refractivity contribution in [2.75, 3.05) is 5.32 Å². The van der Waals surface area contributed by atoms with Gasteiger partial charge in [-0.1, -0.05) is 48.0 Å². The molecule has 0 aromatic heterocycles. The Morgan fingerprint density at radius 3 is 2.24 bits per heavy atom. The predicted molar refractivity (Wildman–Crippen MR) is 92.2 cm³/mol. The SMILES string of the molecule is Cc1cc(C)c(NC(=O)C(S)Cc2ccccc2)c(C)c1. The molecule has 0 fully saturated rings. The van der Waals surface area contributed by atoms with E-state index in [9.17, 15) is 4.79 Å². The topological polar surface area (TPSA) is 29.1 Å². The van der Waals surface area contributed by atoms with Gasteiger partial charge in [-0.05, 0) is 43.9 Å². The summed E-state index contributed by atoms with van der Waals surface area (Å²) < 4.78 is 0. The van der Waals surface area contributed by atoms with Gasteiger partial charge in [0.15, 0.2) is 0 Å². The van der Waals surface area contributed by atoms with Crippen molar-refractivity contribution < 1.29 is 4.79 Å². The highest BCUT2D eigenvalue weighted by atomic mass is 32.1. The van der Waals surface area contributed by atoms with Gasteiger partial charge < -0.3 is 5.32 Å². The van der Waals surface area contributed by atoms with E-state index in [0.717, 1.165) is 22.4 Å². The highest BCUT2D eigenvalue weighted by Crippen LogP contribution is 2.22. The Hall–Kier alpha value is -1.74. The molecule has 0 heterocycles. The quantitative estimate of drug-likeness (QED) is 0.818. The molecule has 21 heavy (non-hydrogen) atoms. The van der Waals surface area contributed by atoms with Gasteiger partial charge in [0.1, 0.15) is 0 Å². The van der Waals surface area contributed by atoms with Gasteiger partial charge in [-0.3, -0.25) is 4.79 Å². The van der Waals surface area contributed by atoms with Crippen LogP contribution in [0.15, 0.2) is 42.5 Å². The van der Waals surface area contributed by atoms with E-state index in [0.29, 0.717) is 6.42 Å². The number of hydrogen-bond acceptors (Lipinski definition) is 2. The second-order valence-corrected chi connectivity index (χ2v) is 6.09. The zero-order chi connectivity index (χ0) is 15.4. The third-order valence-electron chi connectivity index (χ3n) is 3.50. The van der Waals surface area contributed by atoms with Crippen LogP contribution in [0.3, 0.4) is 0 Å². The number of amides is 1. The Kier molecular flexibility index (Phi) is 5.07. The Bertz CT molecular complexity index is 614. The normalized spacial score (nSPS) is 12.0. The summed E-state index contributed by atoms with van der Waals surface area (Å²) in [5.41, 5.74) is 5.39. The Balaban J connectivity index is 2.08. The highest BCUT2D eigenvalue weighted by molar-refractivity contribution is 7.81. The van der Waals surface area contributed by atoms with Crippen molar-refractivity contribution in [1.82, 2.24) is 0 Å². The third kappa shape index (κ3) is 4.11. The Labute approximate surface area is 132 Å². The number of benzene rings is 2. The summed E-state index contributed by atoms with van der Waals surface area (Å²) in [4.78, 5) is 12.3. The fraction of sp³-hybridized carbons (Fsp3) is 0.278. The molecular formula is C18H21NOS. The maximum atomic E-state index is 12.3. The van der Waals surface area contributed by atoms with E-state index in [1.54, 1.807) is 0 Å². The van der Waals surface area contributed by atoms with E-state index in [4.69, 9.17) is 0 Å². The van der Waals surface area contributed by atoms with Crippen molar-refractivity contribution in [3.8, 4) is 0 Å². The third-order valence-corrected chi connectivity index (χ3v) is 3.92. The first-order valence-electron chi connectivity index (χ1n) is 7.08. The summed E-state index contributed by atoms with van der Waals surface area (Å²) in [5.74, 6) is -0.0581. The molecule has 0 aliphatic carbocycles. The first kappa shape index (κ1) is 15.6. The minimum atomic E-state index is -0.354. The highest BCUT2D eigenvalue weighted by Gasteiger charge is 2.16. The Morgan fingerprint density at radius 2 is 1.67 bits per heavy atom. The average molecular weight is 299 g/mol. The molecule has 1 N–H and O–H groups in total. The van der Waals surface area contributed by atoms with Crippen LogP contribution in [0.2, 0.25) is 0 Å². The van der Waals surface area contributed by atoms with Crippen LogP contribution < -0.4 is 5.32 Å². The van der Waals surface area contributed by atoms with Gasteiger partial charge in [0.05, 0.1) is 5.25 Å². The number of carbonyl (C=O) groups is 1. The van der Waals surface area contributed by atoms with Crippen LogP contribution >= 0.6 is 12.6 Å². The molecule has 0 bridgehead atoms. The predicted octanol–water partition coefficient (Wildman–Crippen LogP) is 4.09. The van der Waals surface area contributed by atoms with Gasteiger partial charge in [-0.25, -0.2) is 0 Å². The summed E-state index contributed by atoms with van der Waals surface area (Å²) in [7, 11) is 0. The van der Waals surface area contributed by atoms with Crippen molar-refractivity contribution in [3.05, 3.63) is 64.7 Å². The number of nitrogens with one attached hydrogen (secondary N) is 1. The summed E-state index contributed by atoms with van der Waals surface area (Å²) in [5, 5.41) is 2.66. The second kappa shape index (κ2) is 6.81. The van der Waals surface area contributed by atoms with Gasteiger partial charge in [0, 0.05) is 5.69 Å². The number of carbonyl (C=O) groups excluding carboxylic acids is 1. The standard InChI is InChI=1S/C18H21NOS/c1-12-9-13(2)17(14(3)10-12)19-18(20)16(21)11-15-7-5-4-6-8-15/h4-10,16,21H,11H2,1-3H3,(H,19,20). The largest absolute Gasteiger partial charge is 0.325 e. The second-order valence-electron chi connectivity index (χ2n) is 5.47. The number of aryl methyl sites for hydroxylation is 3. The van der Waals surface area contributed by atoms with Gasteiger partial charge in [0.25, 0.3) is 0 Å². The summed E-state index contributed by atoms with van der Waals surface area (Å²) in [6.07, 6.45) is 0.625. The zero-order valence-electron chi connectivity index (χ0n) is 12.7. The van der Waals surface area contributed by atoms with E-state index in [2.05, 4.69) is 37.0 Å². The fourth-order valence-electron chi connectivity index (χ4n) is 2.51. The van der Waals surface area contributed by atoms with Gasteiger partial charge in [-0.15, -0.1) is 0 Å². The van der Waals surface area contributed by atoms with E-state index < -0.39 is 0 Å². The van der Waals surface area contributed by atoms with Crippen LogP contribution in [0.1, 0.15) is 22.3 Å². The minimum absolute atomic E-state index is 0.0581. The maximum absolute atomic E-state index is 12.3. The number of rotatable bonds is 4. The lowest BCUT2D eigenvalue weighted by Crippen LogP contribution is -2.26. The molecule has 1 atom stereocenters. The van der Waals surface area contributed by atoms with Crippen molar-refractivity contribution >= 4 is 24.2 Å². The zero-order valence-corrected chi connectivity index (χ0v) is 13.6. The van der Waals surface area contributed by atoms with E-state index in [1.807, 2.05) is 44.2 Å². The van der Waals surface area contributed by atoms with Gasteiger partial charge in [-0.2, -0.15) is 12.6 Å². The first-order valence-corrected chi connectivity index (χ1v) is 7.59. The molecule has 0 aliphatic rings. The van der Waals surface area contributed by atoms with Crippen LogP contribution in [-0.4, -0.2) is 11.2 Å². The Morgan fingerprint density at radius 1 is 1.10 bits per heavy atom. The first-order chi connectivity index (χ1) is 9.97. The molecule has 2 rings (SSSR count).